The summed E-state index contributed by atoms with van der Waals surface area (Å²) in [5.41, 5.74) is -1.79. The summed E-state index contributed by atoms with van der Waals surface area (Å²) in [7, 11) is 1.81. The van der Waals surface area contributed by atoms with Crippen molar-refractivity contribution in [2.24, 2.45) is 12.0 Å². The van der Waals surface area contributed by atoms with Crippen molar-refractivity contribution in [2.45, 2.75) is 57.9 Å². The van der Waals surface area contributed by atoms with Gasteiger partial charge in [-0.1, -0.05) is 20.8 Å². The number of non-ortho nitro benzene ring substituents is 1. The Morgan fingerprint density at radius 2 is 1.94 bits per heavy atom. The van der Waals surface area contributed by atoms with Gasteiger partial charge in [-0.05, 0) is 18.9 Å². The molecule has 1 aliphatic rings. The van der Waals surface area contributed by atoms with Crippen molar-refractivity contribution in [1.29, 1.82) is 0 Å². The fraction of sp³-hybridized carbons (Fsp3) is 0.524. The van der Waals surface area contributed by atoms with Crippen LogP contribution >= 0.6 is 0 Å². The molecule has 174 valence electrons. The molecular formula is C21H25F3N4O4. The molecule has 0 N–H and O–H groups in total. The van der Waals surface area contributed by atoms with Crippen LogP contribution in [0.2, 0.25) is 0 Å². The molecule has 1 atom stereocenters. The van der Waals surface area contributed by atoms with E-state index in [-0.39, 0.29) is 17.0 Å². The molecular weight excluding hydrogens is 429 g/mol. The normalized spacial score (nSPS) is 17.7. The van der Waals surface area contributed by atoms with Crippen LogP contribution < -0.4 is 5.49 Å². The largest absolute Gasteiger partial charge is 0.416 e. The maximum Gasteiger partial charge on any atom is 0.416 e. The minimum atomic E-state index is -4.84. The maximum absolute atomic E-state index is 13.2. The topological polar surface area (TPSA) is 91.7 Å². The van der Waals surface area contributed by atoms with Crippen LogP contribution in [0.3, 0.4) is 0 Å². The zero-order chi connectivity index (χ0) is 23.8. The summed E-state index contributed by atoms with van der Waals surface area (Å²) in [6.07, 6.45) is -3.15. The summed E-state index contributed by atoms with van der Waals surface area (Å²) >= 11 is 0. The Labute approximate surface area is 182 Å². The Kier molecular flexibility index (Phi) is 6.32. The molecule has 32 heavy (non-hydrogen) atoms. The number of aromatic nitrogens is 2. The number of alkyl halides is 3. The number of amides is 1. The number of hydrogen-bond donors (Lipinski definition) is 0. The first-order valence-corrected chi connectivity index (χ1v) is 10.1. The third kappa shape index (κ3) is 5.09. The lowest BCUT2D eigenvalue weighted by Crippen LogP contribution is -2.30. The van der Waals surface area contributed by atoms with E-state index < -0.39 is 33.8 Å². The van der Waals surface area contributed by atoms with Gasteiger partial charge in [0.1, 0.15) is 0 Å². The fourth-order valence-corrected chi connectivity index (χ4v) is 3.74. The third-order valence-corrected chi connectivity index (χ3v) is 5.33. The van der Waals surface area contributed by atoms with Gasteiger partial charge in [-0.25, -0.2) is 0 Å². The lowest BCUT2D eigenvalue weighted by molar-refractivity contribution is -0.385. The van der Waals surface area contributed by atoms with E-state index in [0.717, 1.165) is 24.6 Å². The molecule has 8 nitrogen and oxygen atoms in total. The van der Waals surface area contributed by atoms with Gasteiger partial charge in [-0.2, -0.15) is 18.2 Å². The van der Waals surface area contributed by atoms with Crippen LogP contribution in [-0.4, -0.2) is 32.9 Å². The number of nitro benzene ring substituents is 1. The molecule has 1 aromatic heterocycles. The number of carbonyl (C=O) groups is 1. The molecule has 1 aliphatic heterocycles. The first kappa shape index (κ1) is 23.7. The van der Waals surface area contributed by atoms with Crippen LogP contribution in [0.4, 0.5) is 18.9 Å². The number of ether oxygens (including phenoxy) is 1. The predicted molar refractivity (Wildman–Crippen MR) is 109 cm³/mol. The van der Waals surface area contributed by atoms with Gasteiger partial charge in [-0.3, -0.25) is 24.3 Å². The average molecular weight is 454 g/mol. The van der Waals surface area contributed by atoms with Gasteiger partial charge in [-0.15, -0.1) is 0 Å². The molecule has 0 bridgehead atoms. The predicted octanol–water partition coefficient (Wildman–Crippen LogP) is 3.97. The Bertz CT molecular complexity index is 1100. The van der Waals surface area contributed by atoms with E-state index in [1.165, 1.54) is 0 Å². The molecule has 1 aromatic carbocycles. The summed E-state index contributed by atoms with van der Waals surface area (Å²) in [6.45, 7) is 7.02. The van der Waals surface area contributed by atoms with Gasteiger partial charge in [0.05, 0.1) is 23.1 Å². The monoisotopic (exact) mass is 454 g/mol. The second-order valence-electron chi connectivity index (χ2n) is 8.82. The van der Waals surface area contributed by atoms with E-state index in [1.54, 1.807) is 10.7 Å². The van der Waals surface area contributed by atoms with Gasteiger partial charge in [0.2, 0.25) is 0 Å². The number of benzene rings is 1. The first-order valence-electron chi connectivity index (χ1n) is 10.1. The molecule has 0 aliphatic carbocycles. The van der Waals surface area contributed by atoms with E-state index in [9.17, 15) is 28.1 Å². The van der Waals surface area contributed by atoms with Gasteiger partial charge >= 0.3 is 6.18 Å². The minimum Gasteiger partial charge on any atom is -0.376 e. The summed E-state index contributed by atoms with van der Waals surface area (Å²) < 4.78 is 48.9. The van der Waals surface area contributed by atoms with Crippen molar-refractivity contribution < 1.29 is 27.6 Å². The Balaban J connectivity index is 2.12. The van der Waals surface area contributed by atoms with Crippen LogP contribution in [-0.2, 0) is 29.9 Å². The van der Waals surface area contributed by atoms with Crippen LogP contribution in [0, 0.1) is 10.1 Å². The van der Waals surface area contributed by atoms with Crippen LogP contribution in [0.1, 0.15) is 55.2 Å². The van der Waals surface area contributed by atoms with E-state index in [2.05, 4.69) is 4.99 Å². The van der Waals surface area contributed by atoms with Crippen LogP contribution in [0.5, 0.6) is 0 Å². The highest BCUT2D eigenvalue weighted by molar-refractivity contribution is 5.95. The second-order valence-corrected chi connectivity index (χ2v) is 8.82. The quantitative estimate of drug-likeness (QED) is 0.516. The third-order valence-electron chi connectivity index (χ3n) is 5.33. The van der Waals surface area contributed by atoms with Crippen molar-refractivity contribution >= 4 is 11.6 Å². The molecule has 0 spiro atoms. The minimum absolute atomic E-state index is 0.0693. The van der Waals surface area contributed by atoms with Crippen molar-refractivity contribution in [1.82, 2.24) is 9.36 Å². The summed E-state index contributed by atoms with van der Waals surface area (Å²) in [6, 6.07) is 3.49. The SMILES string of the molecule is Cn1c(C(C)(C)C)cc(=NC(=O)c2cc([N+](=O)[O-])cc(C(F)(F)F)c2)n1C[C@H]1CCCO1. The van der Waals surface area contributed by atoms with Crippen molar-refractivity contribution in [3.05, 3.63) is 56.7 Å². The lowest BCUT2D eigenvalue weighted by atomic mass is 9.92. The first-order chi connectivity index (χ1) is 14.8. The molecule has 0 unspecified atom stereocenters. The number of rotatable bonds is 4. The van der Waals surface area contributed by atoms with Crippen LogP contribution in [0.25, 0.3) is 0 Å². The average Bonchev–Trinajstić information content (AvgIpc) is 3.30. The fourth-order valence-electron chi connectivity index (χ4n) is 3.74. The highest BCUT2D eigenvalue weighted by Crippen LogP contribution is 2.32. The van der Waals surface area contributed by atoms with Gasteiger partial charge in [0.15, 0.2) is 5.49 Å². The Morgan fingerprint density at radius 3 is 2.47 bits per heavy atom. The van der Waals surface area contributed by atoms with Gasteiger partial charge in [0, 0.05) is 48.5 Å². The molecule has 1 amide bonds. The second kappa shape index (κ2) is 8.53. The van der Waals surface area contributed by atoms with Gasteiger partial charge < -0.3 is 4.74 Å². The standard InChI is InChI=1S/C21H25F3N4O4/c1-20(2,3)17-11-18(27(26(17)4)12-16-6-5-7-32-16)25-19(29)13-8-14(21(22,23)24)10-15(9-13)28(30)31/h8-11,16H,5-7,12H2,1-4H3/t16-/m1/s1. The summed E-state index contributed by atoms with van der Waals surface area (Å²) in [4.78, 5) is 27.0. The molecule has 1 saturated heterocycles. The summed E-state index contributed by atoms with van der Waals surface area (Å²) in [5.74, 6) is -0.994. The molecule has 11 heteroatoms. The number of halogens is 3. The van der Waals surface area contributed by atoms with E-state index >= 15 is 0 Å². The zero-order valence-corrected chi connectivity index (χ0v) is 18.3. The lowest BCUT2D eigenvalue weighted by Gasteiger charge is -2.21. The van der Waals surface area contributed by atoms with Crippen molar-refractivity contribution in [2.75, 3.05) is 6.61 Å². The maximum atomic E-state index is 13.2. The number of nitrogens with zero attached hydrogens (tertiary/aromatic N) is 4. The van der Waals surface area contributed by atoms with E-state index in [4.69, 9.17) is 4.74 Å². The molecule has 2 heterocycles. The molecule has 0 saturated carbocycles. The smallest absolute Gasteiger partial charge is 0.376 e. The van der Waals surface area contributed by atoms with E-state index in [1.807, 2.05) is 32.5 Å². The molecule has 3 rings (SSSR count). The summed E-state index contributed by atoms with van der Waals surface area (Å²) in [5, 5.41) is 11.1. The molecule has 1 fully saturated rings. The van der Waals surface area contributed by atoms with Crippen LogP contribution in [0.15, 0.2) is 29.3 Å². The number of nitro groups is 1. The molecule has 0 radical (unpaired) electrons. The number of hydrogen-bond acceptors (Lipinski definition) is 4. The van der Waals surface area contributed by atoms with Crippen molar-refractivity contribution in [3.63, 3.8) is 0 Å². The Morgan fingerprint density at radius 1 is 1.25 bits per heavy atom. The molecule has 2 aromatic rings. The zero-order valence-electron chi connectivity index (χ0n) is 18.3. The number of carbonyl (C=O) groups excluding carboxylic acids is 1. The highest BCUT2D eigenvalue weighted by Gasteiger charge is 2.33. The highest BCUT2D eigenvalue weighted by atomic mass is 19.4. The van der Waals surface area contributed by atoms with Gasteiger partial charge in [0.25, 0.3) is 11.6 Å². The Hall–Kier alpha value is -2.95. The van der Waals surface area contributed by atoms with Crippen molar-refractivity contribution in [3.8, 4) is 0 Å². The van der Waals surface area contributed by atoms with E-state index in [0.29, 0.717) is 25.3 Å².